The largest absolute Gasteiger partial charge is 0.385 e. The molecule has 1 aromatic rings. The van der Waals surface area contributed by atoms with Crippen molar-refractivity contribution in [3.8, 4) is 0 Å². The van der Waals surface area contributed by atoms with Gasteiger partial charge in [-0.15, -0.1) is 0 Å². The Kier molecular flexibility index (Phi) is 3.25. The zero-order valence-corrected chi connectivity index (χ0v) is 11.8. The standard InChI is InChI=1S/C12H14Br2O/c1-2-3-8-7-12(8,15)9-4-10(13)6-11(14)5-9/h4-6,8,15H,2-3,7H2,1H3. The highest BCUT2D eigenvalue weighted by atomic mass is 79.9. The third-order valence-corrected chi connectivity index (χ3v) is 3.99. The summed E-state index contributed by atoms with van der Waals surface area (Å²) in [5.41, 5.74) is 0.463. The van der Waals surface area contributed by atoms with Gasteiger partial charge >= 0.3 is 0 Å². The van der Waals surface area contributed by atoms with Gasteiger partial charge in [0.2, 0.25) is 0 Å². The molecule has 2 unspecified atom stereocenters. The van der Waals surface area contributed by atoms with E-state index in [9.17, 15) is 5.11 Å². The second-order valence-electron chi connectivity index (χ2n) is 4.27. The molecule has 0 radical (unpaired) electrons. The SMILES string of the molecule is CCCC1CC1(O)c1cc(Br)cc(Br)c1. The van der Waals surface area contributed by atoms with Crippen LogP contribution in [0.5, 0.6) is 0 Å². The minimum Gasteiger partial charge on any atom is -0.385 e. The van der Waals surface area contributed by atoms with Crippen LogP contribution in [0.1, 0.15) is 31.7 Å². The van der Waals surface area contributed by atoms with Crippen molar-refractivity contribution >= 4 is 31.9 Å². The van der Waals surface area contributed by atoms with E-state index in [0.29, 0.717) is 5.92 Å². The van der Waals surface area contributed by atoms with E-state index in [-0.39, 0.29) is 0 Å². The number of halogens is 2. The summed E-state index contributed by atoms with van der Waals surface area (Å²) >= 11 is 6.90. The van der Waals surface area contributed by atoms with Crippen LogP contribution in [0.15, 0.2) is 27.1 Å². The molecule has 0 saturated heterocycles. The number of aliphatic hydroxyl groups is 1. The Morgan fingerprint density at radius 2 is 1.93 bits per heavy atom. The average molecular weight is 334 g/mol. The molecule has 1 nitrogen and oxygen atoms in total. The van der Waals surface area contributed by atoms with E-state index in [0.717, 1.165) is 33.8 Å². The van der Waals surface area contributed by atoms with Crippen molar-refractivity contribution in [2.75, 3.05) is 0 Å². The lowest BCUT2D eigenvalue weighted by Crippen LogP contribution is -2.08. The Hall–Kier alpha value is 0.140. The predicted octanol–water partition coefficient (Wildman–Crippen LogP) is 4.22. The van der Waals surface area contributed by atoms with E-state index >= 15 is 0 Å². The quantitative estimate of drug-likeness (QED) is 0.878. The maximum Gasteiger partial charge on any atom is 0.0930 e. The van der Waals surface area contributed by atoms with Gasteiger partial charge in [0, 0.05) is 8.95 Å². The molecule has 0 amide bonds. The molecular formula is C12H14Br2O. The van der Waals surface area contributed by atoms with Crippen molar-refractivity contribution in [3.05, 3.63) is 32.7 Å². The lowest BCUT2D eigenvalue weighted by molar-refractivity contribution is 0.129. The summed E-state index contributed by atoms with van der Waals surface area (Å²) in [6, 6.07) is 6.02. The molecular weight excluding hydrogens is 320 g/mol. The van der Waals surface area contributed by atoms with Gasteiger partial charge in [0.1, 0.15) is 0 Å². The van der Waals surface area contributed by atoms with Crippen molar-refractivity contribution in [2.24, 2.45) is 5.92 Å². The topological polar surface area (TPSA) is 20.2 Å². The lowest BCUT2D eigenvalue weighted by atomic mass is 10.0. The van der Waals surface area contributed by atoms with Gasteiger partial charge in [0.05, 0.1) is 5.60 Å². The average Bonchev–Trinajstić information content (AvgIpc) is 2.77. The van der Waals surface area contributed by atoms with Crippen LogP contribution >= 0.6 is 31.9 Å². The summed E-state index contributed by atoms with van der Waals surface area (Å²) in [4.78, 5) is 0. The first kappa shape index (κ1) is 11.6. The molecule has 2 rings (SSSR count). The summed E-state index contributed by atoms with van der Waals surface area (Å²) in [6.45, 7) is 2.16. The fraction of sp³-hybridized carbons (Fsp3) is 0.500. The van der Waals surface area contributed by atoms with Gasteiger partial charge in [-0.05, 0) is 42.5 Å². The second kappa shape index (κ2) is 4.19. The van der Waals surface area contributed by atoms with Crippen molar-refractivity contribution in [3.63, 3.8) is 0 Å². The highest BCUT2D eigenvalue weighted by Crippen LogP contribution is 2.54. The third-order valence-electron chi connectivity index (χ3n) is 3.07. The van der Waals surface area contributed by atoms with Crippen LogP contribution in [-0.2, 0) is 5.60 Å². The first-order chi connectivity index (χ1) is 7.06. The molecule has 15 heavy (non-hydrogen) atoms. The zero-order chi connectivity index (χ0) is 11.1. The van der Waals surface area contributed by atoms with Gasteiger partial charge in [-0.3, -0.25) is 0 Å². The van der Waals surface area contributed by atoms with E-state index in [2.05, 4.69) is 38.8 Å². The maximum atomic E-state index is 10.4. The van der Waals surface area contributed by atoms with Crippen molar-refractivity contribution in [2.45, 2.75) is 31.8 Å². The van der Waals surface area contributed by atoms with Crippen molar-refractivity contribution in [1.82, 2.24) is 0 Å². The van der Waals surface area contributed by atoms with Crippen LogP contribution in [0.25, 0.3) is 0 Å². The maximum absolute atomic E-state index is 10.4. The minimum absolute atomic E-state index is 0.448. The number of benzene rings is 1. The lowest BCUT2D eigenvalue weighted by Gasteiger charge is -2.11. The molecule has 0 aliphatic heterocycles. The molecule has 3 heteroatoms. The molecule has 0 heterocycles. The predicted molar refractivity (Wildman–Crippen MR) is 68.8 cm³/mol. The molecule has 0 aromatic heterocycles. The van der Waals surface area contributed by atoms with Crippen LogP contribution in [0.2, 0.25) is 0 Å². The molecule has 82 valence electrons. The molecule has 0 spiro atoms. The van der Waals surface area contributed by atoms with E-state index in [1.807, 2.05) is 18.2 Å². The molecule has 1 N–H and O–H groups in total. The van der Waals surface area contributed by atoms with Gasteiger partial charge in [0.15, 0.2) is 0 Å². The fourth-order valence-corrected chi connectivity index (χ4v) is 3.46. The number of hydrogen-bond donors (Lipinski definition) is 1. The van der Waals surface area contributed by atoms with Crippen LogP contribution in [0, 0.1) is 5.92 Å². The van der Waals surface area contributed by atoms with Gasteiger partial charge in [-0.1, -0.05) is 45.2 Å². The van der Waals surface area contributed by atoms with E-state index in [4.69, 9.17) is 0 Å². The minimum atomic E-state index is -0.567. The monoisotopic (exact) mass is 332 g/mol. The molecule has 1 fully saturated rings. The summed E-state index contributed by atoms with van der Waals surface area (Å²) in [6.07, 6.45) is 3.16. The van der Waals surface area contributed by atoms with Crippen LogP contribution in [-0.4, -0.2) is 5.11 Å². The number of hydrogen-bond acceptors (Lipinski definition) is 1. The number of rotatable bonds is 3. The van der Waals surface area contributed by atoms with Crippen LogP contribution < -0.4 is 0 Å². The first-order valence-electron chi connectivity index (χ1n) is 5.25. The van der Waals surface area contributed by atoms with E-state index in [1.54, 1.807) is 0 Å². The van der Waals surface area contributed by atoms with Crippen molar-refractivity contribution < 1.29 is 5.11 Å². The molecule has 1 saturated carbocycles. The van der Waals surface area contributed by atoms with Gasteiger partial charge in [-0.25, -0.2) is 0 Å². The van der Waals surface area contributed by atoms with Crippen molar-refractivity contribution in [1.29, 1.82) is 0 Å². The molecule has 1 aliphatic carbocycles. The van der Waals surface area contributed by atoms with Gasteiger partial charge in [-0.2, -0.15) is 0 Å². The highest BCUT2D eigenvalue weighted by Gasteiger charge is 2.53. The zero-order valence-electron chi connectivity index (χ0n) is 8.63. The second-order valence-corrected chi connectivity index (χ2v) is 6.10. The van der Waals surface area contributed by atoms with Crippen LogP contribution in [0.4, 0.5) is 0 Å². The normalized spacial score (nSPS) is 29.2. The van der Waals surface area contributed by atoms with E-state index in [1.165, 1.54) is 0 Å². The fourth-order valence-electron chi connectivity index (χ4n) is 2.16. The van der Waals surface area contributed by atoms with Crippen LogP contribution in [0.3, 0.4) is 0 Å². The Labute approximate surface area is 107 Å². The third kappa shape index (κ3) is 2.29. The highest BCUT2D eigenvalue weighted by molar-refractivity contribution is 9.11. The summed E-state index contributed by atoms with van der Waals surface area (Å²) in [7, 11) is 0. The molecule has 2 atom stereocenters. The Morgan fingerprint density at radius 3 is 2.47 bits per heavy atom. The van der Waals surface area contributed by atoms with E-state index < -0.39 is 5.60 Å². The van der Waals surface area contributed by atoms with Gasteiger partial charge < -0.3 is 5.11 Å². The molecule has 1 aliphatic rings. The summed E-state index contributed by atoms with van der Waals surface area (Å²) < 4.78 is 2.03. The first-order valence-corrected chi connectivity index (χ1v) is 6.84. The molecule has 0 bridgehead atoms. The Balaban J connectivity index is 2.24. The Morgan fingerprint density at radius 1 is 1.33 bits per heavy atom. The van der Waals surface area contributed by atoms with Gasteiger partial charge in [0.25, 0.3) is 0 Å². The Bertz CT molecular complexity index is 358. The smallest absolute Gasteiger partial charge is 0.0930 e. The summed E-state index contributed by atoms with van der Waals surface area (Å²) in [5, 5.41) is 10.4. The molecule has 1 aromatic carbocycles. The summed E-state index contributed by atoms with van der Waals surface area (Å²) in [5.74, 6) is 0.448.